The summed E-state index contributed by atoms with van der Waals surface area (Å²) in [6, 6.07) is 20.2. The summed E-state index contributed by atoms with van der Waals surface area (Å²) in [4.78, 5) is 4.75. The second kappa shape index (κ2) is 5.33. The zero-order valence-electron chi connectivity index (χ0n) is 14.7. The van der Waals surface area contributed by atoms with E-state index >= 15 is 0 Å². The SMILES string of the molecule is Cc1cccc(C)c1-c1cnc2c3cc(O)ccc3c3ccccc3n12. The molecule has 0 unspecified atom stereocenters. The van der Waals surface area contributed by atoms with Gasteiger partial charge in [0.15, 0.2) is 0 Å². The molecule has 0 aliphatic carbocycles. The third-order valence-electron chi connectivity index (χ3n) is 5.18. The number of phenols is 1. The molecule has 0 atom stereocenters. The summed E-state index contributed by atoms with van der Waals surface area (Å²) in [7, 11) is 0. The first-order chi connectivity index (χ1) is 12.6. The van der Waals surface area contributed by atoms with Crippen LogP contribution in [0, 0.1) is 13.8 Å². The van der Waals surface area contributed by atoms with Crippen LogP contribution in [-0.2, 0) is 0 Å². The van der Waals surface area contributed by atoms with E-state index < -0.39 is 0 Å². The average molecular weight is 338 g/mol. The fourth-order valence-electron chi connectivity index (χ4n) is 4.03. The molecule has 3 aromatic carbocycles. The van der Waals surface area contributed by atoms with Crippen LogP contribution in [0.15, 0.2) is 66.9 Å². The van der Waals surface area contributed by atoms with Gasteiger partial charge < -0.3 is 5.11 Å². The molecule has 0 aliphatic rings. The van der Waals surface area contributed by atoms with Gasteiger partial charge in [0, 0.05) is 16.3 Å². The number of hydrogen-bond acceptors (Lipinski definition) is 2. The number of benzene rings is 3. The van der Waals surface area contributed by atoms with Crippen molar-refractivity contribution in [2.24, 2.45) is 0 Å². The maximum Gasteiger partial charge on any atom is 0.145 e. The number of phenolic OH excluding ortho intramolecular Hbond substituents is 1. The molecule has 0 amide bonds. The van der Waals surface area contributed by atoms with Crippen LogP contribution < -0.4 is 0 Å². The van der Waals surface area contributed by atoms with Crippen molar-refractivity contribution in [3.63, 3.8) is 0 Å². The van der Waals surface area contributed by atoms with E-state index in [1.165, 1.54) is 16.7 Å². The number of pyridine rings is 1. The molecule has 2 heterocycles. The normalized spacial score (nSPS) is 11.6. The van der Waals surface area contributed by atoms with E-state index in [2.05, 4.69) is 60.7 Å². The lowest BCUT2D eigenvalue weighted by Gasteiger charge is -2.13. The third kappa shape index (κ3) is 1.97. The Hall–Kier alpha value is -3.33. The van der Waals surface area contributed by atoms with Crippen LogP contribution in [0.3, 0.4) is 0 Å². The van der Waals surface area contributed by atoms with Crippen LogP contribution in [0.25, 0.3) is 38.6 Å². The standard InChI is InChI=1S/C23H18N2O/c1-14-6-5-7-15(2)22(14)21-13-24-23-19-12-16(26)10-11-17(19)18-8-3-4-9-20(18)25(21)23/h3-13,26H,1-2H3. The zero-order chi connectivity index (χ0) is 17.8. The van der Waals surface area contributed by atoms with Gasteiger partial charge in [-0.1, -0.05) is 36.4 Å². The van der Waals surface area contributed by atoms with Crippen molar-refractivity contribution >= 4 is 27.3 Å². The number of rotatable bonds is 1. The Bertz CT molecular complexity index is 1290. The molecule has 0 bridgehead atoms. The lowest BCUT2D eigenvalue weighted by atomic mass is 10.00. The fourth-order valence-corrected chi connectivity index (χ4v) is 4.03. The first-order valence-electron chi connectivity index (χ1n) is 8.72. The smallest absolute Gasteiger partial charge is 0.145 e. The van der Waals surface area contributed by atoms with E-state index in [1.54, 1.807) is 12.1 Å². The van der Waals surface area contributed by atoms with Crippen LogP contribution in [0.1, 0.15) is 11.1 Å². The van der Waals surface area contributed by atoms with E-state index in [9.17, 15) is 5.11 Å². The Kier molecular flexibility index (Phi) is 3.07. The van der Waals surface area contributed by atoms with Gasteiger partial charge in [-0.2, -0.15) is 0 Å². The van der Waals surface area contributed by atoms with Gasteiger partial charge in [-0.3, -0.25) is 4.40 Å². The Morgan fingerprint density at radius 3 is 2.38 bits per heavy atom. The summed E-state index contributed by atoms with van der Waals surface area (Å²) in [5, 5.41) is 13.3. The lowest BCUT2D eigenvalue weighted by Crippen LogP contribution is -1.96. The van der Waals surface area contributed by atoms with Crippen LogP contribution in [0.5, 0.6) is 5.75 Å². The molecule has 1 N–H and O–H groups in total. The monoisotopic (exact) mass is 338 g/mol. The largest absolute Gasteiger partial charge is 0.508 e. The lowest BCUT2D eigenvalue weighted by molar-refractivity contribution is 0.476. The number of para-hydroxylation sites is 1. The molecule has 0 fully saturated rings. The molecular weight excluding hydrogens is 320 g/mol. The fraction of sp³-hybridized carbons (Fsp3) is 0.0870. The van der Waals surface area contributed by atoms with Crippen LogP contribution in [-0.4, -0.2) is 14.5 Å². The zero-order valence-corrected chi connectivity index (χ0v) is 14.7. The quantitative estimate of drug-likeness (QED) is 0.402. The minimum Gasteiger partial charge on any atom is -0.508 e. The number of aromatic hydroxyl groups is 1. The van der Waals surface area contributed by atoms with Crippen molar-refractivity contribution in [3.05, 3.63) is 78.0 Å². The summed E-state index contributed by atoms with van der Waals surface area (Å²) in [5.41, 5.74) is 6.74. The second-order valence-corrected chi connectivity index (χ2v) is 6.82. The summed E-state index contributed by atoms with van der Waals surface area (Å²) in [5.74, 6) is 0.256. The summed E-state index contributed by atoms with van der Waals surface area (Å²) < 4.78 is 2.21. The highest BCUT2D eigenvalue weighted by molar-refractivity contribution is 6.12. The topological polar surface area (TPSA) is 37.5 Å². The van der Waals surface area contributed by atoms with Gasteiger partial charge in [0.05, 0.1) is 17.4 Å². The van der Waals surface area contributed by atoms with Gasteiger partial charge in [-0.25, -0.2) is 4.98 Å². The molecule has 126 valence electrons. The molecule has 0 saturated heterocycles. The van der Waals surface area contributed by atoms with Gasteiger partial charge in [-0.05, 0) is 54.6 Å². The number of imidazole rings is 1. The van der Waals surface area contributed by atoms with Gasteiger partial charge in [-0.15, -0.1) is 0 Å². The van der Waals surface area contributed by atoms with Crippen molar-refractivity contribution in [1.29, 1.82) is 0 Å². The van der Waals surface area contributed by atoms with Crippen molar-refractivity contribution in [1.82, 2.24) is 9.38 Å². The maximum absolute atomic E-state index is 10.0. The highest BCUT2D eigenvalue weighted by Crippen LogP contribution is 2.36. The highest BCUT2D eigenvalue weighted by Gasteiger charge is 2.16. The Morgan fingerprint density at radius 1 is 0.808 bits per heavy atom. The molecule has 0 aliphatic heterocycles. The molecule has 2 aromatic heterocycles. The van der Waals surface area contributed by atoms with Crippen molar-refractivity contribution < 1.29 is 5.11 Å². The molecule has 5 rings (SSSR count). The van der Waals surface area contributed by atoms with Crippen LogP contribution in [0.4, 0.5) is 0 Å². The molecule has 5 aromatic rings. The molecule has 0 saturated carbocycles. The van der Waals surface area contributed by atoms with Gasteiger partial charge >= 0.3 is 0 Å². The Morgan fingerprint density at radius 2 is 1.58 bits per heavy atom. The number of hydrogen-bond donors (Lipinski definition) is 1. The molecule has 26 heavy (non-hydrogen) atoms. The molecular formula is C23H18N2O. The predicted octanol–water partition coefficient (Wildman–Crippen LogP) is 5.63. The third-order valence-corrected chi connectivity index (χ3v) is 5.18. The minimum atomic E-state index is 0.256. The van der Waals surface area contributed by atoms with E-state index in [0.29, 0.717) is 0 Å². The first-order valence-corrected chi connectivity index (χ1v) is 8.72. The average Bonchev–Trinajstić information content (AvgIpc) is 3.07. The highest BCUT2D eigenvalue weighted by atomic mass is 16.3. The summed E-state index contributed by atoms with van der Waals surface area (Å²) in [6.45, 7) is 4.27. The van der Waals surface area contributed by atoms with Gasteiger partial charge in [0.2, 0.25) is 0 Å². The van der Waals surface area contributed by atoms with E-state index in [-0.39, 0.29) is 5.75 Å². The van der Waals surface area contributed by atoms with Crippen LogP contribution in [0.2, 0.25) is 0 Å². The van der Waals surface area contributed by atoms with E-state index in [4.69, 9.17) is 4.98 Å². The molecule has 0 radical (unpaired) electrons. The minimum absolute atomic E-state index is 0.256. The second-order valence-electron chi connectivity index (χ2n) is 6.82. The summed E-state index contributed by atoms with van der Waals surface area (Å²) in [6.07, 6.45) is 1.95. The van der Waals surface area contributed by atoms with Gasteiger partial charge in [0.1, 0.15) is 11.4 Å². The number of nitrogens with zero attached hydrogens (tertiary/aromatic N) is 2. The number of fused-ring (bicyclic) bond motifs is 6. The molecule has 3 nitrogen and oxygen atoms in total. The van der Waals surface area contributed by atoms with Crippen molar-refractivity contribution in [2.75, 3.05) is 0 Å². The molecule has 0 spiro atoms. The van der Waals surface area contributed by atoms with Crippen LogP contribution >= 0.6 is 0 Å². The summed E-state index contributed by atoms with van der Waals surface area (Å²) >= 11 is 0. The number of aromatic nitrogens is 2. The Labute approximate surface area is 151 Å². The predicted molar refractivity (Wildman–Crippen MR) is 107 cm³/mol. The first kappa shape index (κ1) is 15.0. The maximum atomic E-state index is 10.0. The van der Waals surface area contributed by atoms with E-state index in [1.807, 2.05) is 12.3 Å². The number of aryl methyl sites for hydroxylation is 2. The van der Waals surface area contributed by atoms with Crippen molar-refractivity contribution in [2.45, 2.75) is 13.8 Å². The molecule has 3 heteroatoms. The van der Waals surface area contributed by atoms with Crippen molar-refractivity contribution in [3.8, 4) is 17.0 Å². The van der Waals surface area contributed by atoms with E-state index in [0.717, 1.165) is 33.0 Å². The van der Waals surface area contributed by atoms with Gasteiger partial charge in [0.25, 0.3) is 0 Å². The Balaban J connectivity index is 2.05.